The first-order chi connectivity index (χ1) is 8.09. The van der Waals surface area contributed by atoms with Gasteiger partial charge in [-0.25, -0.2) is 0 Å². The van der Waals surface area contributed by atoms with Crippen LogP contribution in [-0.2, 0) is 0 Å². The first-order valence-electron chi connectivity index (χ1n) is 6.35. The molecule has 1 fully saturated rings. The lowest BCUT2D eigenvalue weighted by molar-refractivity contribution is 0.574. The topological polar surface area (TPSA) is 15.3 Å². The summed E-state index contributed by atoms with van der Waals surface area (Å²) in [5, 5.41) is 3.50. The highest BCUT2D eigenvalue weighted by atomic mass is 79.9. The lowest BCUT2D eigenvalue weighted by atomic mass is 10.1. The smallest absolute Gasteiger partial charge is 0.0516 e. The number of aryl methyl sites for hydroxylation is 1. The first-order valence-corrected chi connectivity index (χ1v) is 7.14. The Morgan fingerprint density at radius 3 is 2.76 bits per heavy atom. The first kappa shape index (κ1) is 12.9. The van der Waals surface area contributed by atoms with E-state index in [9.17, 15) is 0 Å². The molecule has 2 atom stereocenters. The van der Waals surface area contributed by atoms with Gasteiger partial charge in [0.05, 0.1) is 5.69 Å². The molecule has 1 aliphatic heterocycles. The lowest BCUT2D eigenvalue weighted by Crippen LogP contribution is -2.42. The maximum Gasteiger partial charge on any atom is 0.0516 e. The molecule has 3 heteroatoms. The second kappa shape index (κ2) is 5.40. The highest BCUT2D eigenvalue weighted by molar-refractivity contribution is 9.10. The molecule has 0 bridgehead atoms. The molecule has 2 unspecified atom stereocenters. The van der Waals surface area contributed by atoms with E-state index in [0.717, 1.165) is 13.1 Å². The maximum absolute atomic E-state index is 3.70. The van der Waals surface area contributed by atoms with E-state index < -0.39 is 0 Å². The Hall–Kier alpha value is -0.540. The van der Waals surface area contributed by atoms with Gasteiger partial charge in [0.25, 0.3) is 0 Å². The molecule has 0 amide bonds. The van der Waals surface area contributed by atoms with E-state index in [1.54, 1.807) is 0 Å². The summed E-state index contributed by atoms with van der Waals surface area (Å²) in [4.78, 5) is 2.53. The Bertz CT molecular complexity index is 380. The van der Waals surface area contributed by atoms with Crippen LogP contribution in [0.2, 0.25) is 0 Å². The number of rotatable bonds is 1. The minimum atomic E-state index is 0.534. The maximum atomic E-state index is 3.70. The largest absolute Gasteiger partial charge is 0.364 e. The van der Waals surface area contributed by atoms with Crippen LogP contribution in [0.15, 0.2) is 22.7 Å². The van der Waals surface area contributed by atoms with E-state index in [1.165, 1.54) is 22.1 Å². The predicted octanol–water partition coefficient (Wildman–Crippen LogP) is 3.33. The van der Waals surface area contributed by atoms with E-state index in [4.69, 9.17) is 0 Å². The lowest BCUT2D eigenvalue weighted by Gasteiger charge is -2.35. The van der Waals surface area contributed by atoms with Crippen LogP contribution < -0.4 is 10.2 Å². The van der Waals surface area contributed by atoms with Crippen LogP contribution in [0.25, 0.3) is 0 Å². The molecule has 0 saturated carbocycles. The number of hydrogen-bond donors (Lipinski definition) is 1. The minimum absolute atomic E-state index is 0.534. The molecule has 0 aliphatic carbocycles. The van der Waals surface area contributed by atoms with Gasteiger partial charge in [0.15, 0.2) is 0 Å². The molecular formula is C14H21BrN2. The third-order valence-corrected chi connectivity index (χ3v) is 4.14. The third-order valence-electron chi connectivity index (χ3n) is 3.51. The van der Waals surface area contributed by atoms with Crippen LogP contribution in [0, 0.1) is 6.92 Å². The molecule has 1 aliphatic rings. The molecule has 94 valence electrons. The van der Waals surface area contributed by atoms with E-state index >= 15 is 0 Å². The van der Waals surface area contributed by atoms with Gasteiger partial charge in [-0.1, -0.05) is 6.07 Å². The molecule has 0 spiro atoms. The summed E-state index contributed by atoms with van der Waals surface area (Å²) in [7, 11) is 0. The molecular weight excluding hydrogens is 276 g/mol. The SMILES string of the molecule is Cc1ccc(N2C(C)CCNCC2C)c(Br)c1. The monoisotopic (exact) mass is 296 g/mol. The Kier molecular flexibility index (Phi) is 4.10. The molecule has 1 heterocycles. The Morgan fingerprint density at radius 2 is 2.06 bits per heavy atom. The van der Waals surface area contributed by atoms with E-state index in [1.807, 2.05) is 0 Å². The van der Waals surface area contributed by atoms with Gasteiger partial charge in [0.1, 0.15) is 0 Å². The van der Waals surface area contributed by atoms with Gasteiger partial charge in [0, 0.05) is 23.1 Å². The number of benzene rings is 1. The summed E-state index contributed by atoms with van der Waals surface area (Å²) in [6, 6.07) is 7.74. The standard InChI is InChI=1S/C14H21BrN2/c1-10-4-5-14(13(15)8-10)17-11(2)6-7-16-9-12(17)3/h4-5,8,11-12,16H,6-7,9H2,1-3H3. The summed E-state index contributed by atoms with van der Waals surface area (Å²) in [5.74, 6) is 0. The number of nitrogens with one attached hydrogen (secondary N) is 1. The average molecular weight is 297 g/mol. The van der Waals surface area contributed by atoms with Gasteiger partial charge in [-0.2, -0.15) is 0 Å². The fourth-order valence-corrected chi connectivity index (χ4v) is 3.29. The van der Waals surface area contributed by atoms with Crippen LogP contribution in [0.5, 0.6) is 0 Å². The van der Waals surface area contributed by atoms with Gasteiger partial charge in [0.2, 0.25) is 0 Å². The molecule has 2 rings (SSSR count). The number of halogens is 1. The van der Waals surface area contributed by atoms with Crippen molar-refractivity contribution in [1.29, 1.82) is 0 Å². The number of anilines is 1. The minimum Gasteiger partial charge on any atom is -0.364 e. The molecule has 2 nitrogen and oxygen atoms in total. The van der Waals surface area contributed by atoms with Crippen LogP contribution in [0.3, 0.4) is 0 Å². The van der Waals surface area contributed by atoms with Crippen molar-refractivity contribution in [3.8, 4) is 0 Å². The van der Waals surface area contributed by atoms with Crippen molar-refractivity contribution in [2.24, 2.45) is 0 Å². The van der Waals surface area contributed by atoms with Crippen molar-refractivity contribution in [1.82, 2.24) is 5.32 Å². The molecule has 17 heavy (non-hydrogen) atoms. The van der Waals surface area contributed by atoms with Crippen molar-refractivity contribution in [3.63, 3.8) is 0 Å². The normalized spacial score (nSPS) is 25.8. The summed E-state index contributed by atoms with van der Waals surface area (Å²) in [6.07, 6.45) is 1.20. The average Bonchev–Trinajstić information content (AvgIpc) is 2.42. The third kappa shape index (κ3) is 2.83. The fourth-order valence-electron chi connectivity index (χ4n) is 2.59. The quantitative estimate of drug-likeness (QED) is 0.855. The summed E-state index contributed by atoms with van der Waals surface area (Å²) < 4.78 is 1.21. The molecule has 1 saturated heterocycles. The highest BCUT2D eigenvalue weighted by Gasteiger charge is 2.24. The number of hydrogen-bond acceptors (Lipinski definition) is 2. The zero-order valence-electron chi connectivity index (χ0n) is 10.8. The molecule has 0 aromatic heterocycles. The fraction of sp³-hybridized carbons (Fsp3) is 0.571. The van der Waals surface area contributed by atoms with Gasteiger partial charge < -0.3 is 10.2 Å². The van der Waals surface area contributed by atoms with Crippen molar-refractivity contribution in [3.05, 3.63) is 28.2 Å². The van der Waals surface area contributed by atoms with E-state index in [-0.39, 0.29) is 0 Å². The molecule has 1 N–H and O–H groups in total. The van der Waals surface area contributed by atoms with E-state index in [2.05, 4.69) is 65.1 Å². The Labute approximate surface area is 113 Å². The summed E-state index contributed by atoms with van der Waals surface area (Å²) in [6.45, 7) is 8.92. The molecule has 1 aromatic carbocycles. The molecule has 1 aromatic rings. The predicted molar refractivity (Wildman–Crippen MR) is 77.8 cm³/mol. The second-order valence-corrected chi connectivity index (χ2v) is 5.91. The van der Waals surface area contributed by atoms with Crippen molar-refractivity contribution >= 4 is 21.6 Å². The summed E-state index contributed by atoms with van der Waals surface area (Å²) in [5.41, 5.74) is 2.62. The van der Waals surface area contributed by atoms with Gasteiger partial charge in [-0.05, 0) is 67.4 Å². The van der Waals surface area contributed by atoms with Crippen molar-refractivity contribution in [2.45, 2.75) is 39.3 Å². The zero-order valence-corrected chi connectivity index (χ0v) is 12.4. The van der Waals surface area contributed by atoms with Crippen LogP contribution in [-0.4, -0.2) is 25.2 Å². The van der Waals surface area contributed by atoms with Crippen LogP contribution >= 0.6 is 15.9 Å². The van der Waals surface area contributed by atoms with Gasteiger partial charge in [-0.15, -0.1) is 0 Å². The summed E-state index contributed by atoms with van der Waals surface area (Å²) >= 11 is 3.70. The molecule has 0 radical (unpaired) electrons. The van der Waals surface area contributed by atoms with Crippen molar-refractivity contribution in [2.75, 3.05) is 18.0 Å². The van der Waals surface area contributed by atoms with Crippen LogP contribution in [0.1, 0.15) is 25.8 Å². The zero-order chi connectivity index (χ0) is 12.4. The van der Waals surface area contributed by atoms with Crippen LogP contribution in [0.4, 0.5) is 5.69 Å². The van der Waals surface area contributed by atoms with E-state index in [0.29, 0.717) is 12.1 Å². The second-order valence-electron chi connectivity index (χ2n) is 5.05. The highest BCUT2D eigenvalue weighted by Crippen LogP contribution is 2.31. The van der Waals surface area contributed by atoms with Gasteiger partial charge >= 0.3 is 0 Å². The Morgan fingerprint density at radius 1 is 1.29 bits per heavy atom. The number of nitrogens with zero attached hydrogens (tertiary/aromatic N) is 1. The van der Waals surface area contributed by atoms with Gasteiger partial charge in [-0.3, -0.25) is 0 Å². The van der Waals surface area contributed by atoms with Crippen molar-refractivity contribution < 1.29 is 0 Å². The Balaban J connectivity index is 2.34.